The zero-order chi connectivity index (χ0) is 11.6. The van der Waals surface area contributed by atoms with Crippen molar-refractivity contribution in [3.63, 3.8) is 0 Å². The number of carbonyl (C=O) groups excluding carboxylic acids is 1. The Kier molecular flexibility index (Phi) is 3.45. The predicted molar refractivity (Wildman–Crippen MR) is 68.4 cm³/mol. The summed E-state index contributed by atoms with van der Waals surface area (Å²) in [6.45, 7) is 0. The highest BCUT2D eigenvalue weighted by atomic mass is 79.9. The molecule has 1 atom stereocenters. The van der Waals surface area contributed by atoms with Crippen LogP contribution in [0.5, 0.6) is 0 Å². The highest BCUT2D eigenvalue weighted by molar-refractivity contribution is 9.10. The maximum absolute atomic E-state index is 12.2. The molecule has 0 amide bonds. The smallest absolute Gasteiger partial charge is 0.157 e. The van der Waals surface area contributed by atoms with Crippen LogP contribution in [-0.2, 0) is 10.3 Å². The molecule has 3 heteroatoms. The molecular weight excluding hydrogens is 266 g/mol. The van der Waals surface area contributed by atoms with Crippen LogP contribution in [-0.4, -0.2) is 12.8 Å². The van der Waals surface area contributed by atoms with Crippen LogP contribution in [0.15, 0.2) is 28.7 Å². The molecule has 1 aliphatic carbocycles. The molecule has 1 aromatic carbocycles. The molecule has 0 radical (unpaired) electrons. The van der Waals surface area contributed by atoms with Crippen molar-refractivity contribution >= 4 is 21.7 Å². The van der Waals surface area contributed by atoms with Crippen molar-refractivity contribution in [3.8, 4) is 0 Å². The Morgan fingerprint density at radius 1 is 1.38 bits per heavy atom. The first-order chi connectivity index (χ1) is 7.69. The van der Waals surface area contributed by atoms with Crippen molar-refractivity contribution in [2.24, 2.45) is 0 Å². The summed E-state index contributed by atoms with van der Waals surface area (Å²) >= 11 is 3.46. The van der Waals surface area contributed by atoms with Gasteiger partial charge in [-0.15, -0.1) is 0 Å². The molecule has 16 heavy (non-hydrogen) atoms. The van der Waals surface area contributed by atoms with E-state index in [0.29, 0.717) is 12.2 Å². The van der Waals surface area contributed by atoms with Crippen molar-refractivity contribution in [1.82, 2.24) is 5.32 Å². The van der Waals surface area contributed by atoms with Gasteiger partial charge in [0, 0.05) is 10.9 Å². The summed E-state index contributed by atoms with van der Waals surface area (Å²) in [5.41, 5.74) is 0.622. The topological polar surface area (TPSA) is 29.1 Å². The van der Waals surface area contributed by atoms with Gasteiger partial charge in [0.25, 0.3) is 0 Å². The summed E-state index contributed by atoms with van der Waals surface area (Å²) in [6.07, 6.45) is 3.72. The van der Waals surface area contributed by atoms with Gasteiger partial charge in [-0.25, -0.2) is 0 Å². The molecule has 0 saturated heterocycles. The third kappa shape index (κ3) is 1.94. The Labute approximate surface area is 105 Å². The third-order valence-corrected chi connectivity index (χ3v) is 3.92. The number of halogens is 1. The zero-order valence-corrected chi connectivity index (χ0v) is 11.0. The Balaban J connectivity index is 2.44. The number of nitrogens with one attached hydrogen (secondary N) is 1. The number of ketones is 1. The average Bonchev–Trinajstić information content (AvgIpc) is 2.30. The van der Waals surface area contributed by atoms with Crippen molar-refractivity contribution in [2.45, 2.75) is 31.2 Å². The van der Waals surface area contributed by atoms with Gasteiger partial charge in [0.15, 0.2) is 5.78 Å². The molecule has 2 rings (SSSR count). The summed E-state index contributed by atoms with van der Waals surface area (Å²) in [6, 6.07) is 8.05. The molecule has 0 unspecified atom stereocenters. The minimum Gasteiger partial charge on any atom is -0.304 e. The highest BCUT2D eigenvalue weighted by Gasteiger charge is 2.39. The largest absolute Gasteiger partial charge is 0.304 e. The lowest BCUT2D eigenvalue weighted by atomic mass is 9.76. The monoisotopic (exact) mass is 281 g/mol. The Bertz CT molecular complexity index is 405. The number of likely N-dealkylation sites (N-methyl/N-ethyl adjacent to an activating group) is 1. The van der Waals surface area contributed by atoms with E-state index in [0.717, 1.165) is 29.3 Å². The number of carbonyl (C=O) groups is 1. The second-order valence-corrected chi connectivity index (χ2v) is 5.21. The lowest BCUT2D eigenvalue weighted by Gasteiger charge is -2.36. The Morgan fingerprint density at radius 3 is 2.81 bits per heavy atom. The van der Waals surface area contributed by atoms with E-state index in [-0.39, 0.29) is 0 Å². The maximum atomic E-state index is 12.2. The van der Waals surface area contributed by atoms with E-state index in [4.69, 9.17) is 0 Å². The van der Waals surface area contributed by atoms with E-state index in [1.165, 1.54) is 0 Å². The van der Waals surface area contributed by atoms with Gasteiger partial charge in [-0.05, 0) is 37.6 Å². The summed E-state index contributed by atoms with van der Waals surface area (Å²) in [7, 11) is 1.88. The molecule has 1 fully saturated rings. The lowest BCUT2D eigenvalue weighted by Crippen LogP contribution is -2.49. The summed E-state index contributed by atoms with van der Waals surface area (Å²) in [4.78, 5) is 12.2. The molecular formula is C13H16BrNO. The first-order valence-corrected chi connectivity index (χ1v) is 6.46. The molecule has 0 aromatic heterocycles. The molecule has 1 saturated carbocycles. The normalized spacial score (nSPS) is 25.8. The number of hydrogen-bond donors (Lipinski definition) is 1. The van der Waals surface area contributed by atoms with Crippen LogP contribution >= 0.6 is 15.9 Å². The van der Waals surface area contributed by atoms with E-state index in [1.807, 2.05) is 31.3 Å². The highest BCUT2D eigenvalue weighted by Crippen LogP contribution is 2.35. The molecule has 0 aliphatic heterocycles. The minimum atomic E-state index is -0.456. The van der Waals surface area contributed by atoms with Crippen molar-refractivity contribution in [3.05, 3.63) is 34.3 Å². The first kappa shape index (κ1) is 11.8. The van der Waals surface area contributed by atoms with Crippen LogP contribution in [0, 0.1) is 0 Å². The quantitative estimate of drug-likeness (QED) is 0.903. The van der Waals surface area contributed by atoms with Crippen molar-refractivity contribution in [2.75, 3.05) is 7.05 Å². The standard InChI is InChI=1S/C13H16BrNO/c1-15-13(8-3-2-7-12(13)16)10-5-4-6-11(14)9-10/h4-6,9,15H,2-3,7-8H2,1H3/t13-/m0/s1. The van der Waals surface area contributed by atoms with Gasteiger partial charge in [0.2, 0.25) is 0 Å². The Hall–Kier alpha value is -0.670. The van der Waals surface area contributed by atoms with Crippen LogP contribution < -0.4 is 5.32 Å². The second kappa shape index (κ2) is 4.68. The van der Waals surface area contributed by atoms with Gasteiger partial charge in [-0.3, -0.25) is 4.79 Å². The molecule has 1 aliphatic rings. The fraction of sp³-hybridized carbons (Fsp3) is 0.462. The number of Topliss-reactive ketones (excluding diaryl/α,β-unsaturated/α-hetero) is 1. The van der Waals surface area contributed by atoms with Crippen molar-refractivity contribution < 1.29 is 4.79 Å². The molecule has 1 aromatic rings. The summed E-state index contributed by atoms with van der Waals surface area (Å²) in [5, 5.41) is 3.24. The zero-order valence-electron chi connectivity index (χ0n) is 9.42. The average molecular weight is 282 g/mol. The van der Waals surface area contributed by atoms with E-state index in [2.05, 4.69) is 21.2 Å². The van der Waals surface area contributed by atoms with Crippen LogP contribution in [0.25, 0.3) is 0 Å². The van der Waals surface area contributed by atoms with Gasteiger partial charge >= 0.3 is 0 Å². The van der Waals surface area contributed by atoms with Gasteiger partial charge in [0.1, 0.15) is 5.54 Å². The van der Waals surface area contributed by atoms with Crippen LogP contribution in [0.1, 0.15) is 31.2 Å². The molecule has 2 nitrogen and oxygen atoms in total. The van der Waals surface area contributed by atoms with E-state index < -0.39 is 5.54 Å². The van der Waals surface area contributed by atoms with Gasteiger partial charge in [-0.2, -0.15) is 0 Å². The van der Waals surface area contributed by atoms with Gasteiger partial charge in [-0.1, -0.05) is 34.5 Å². The number of benzene rings is 1. The SMILES string of the molecule is CN[C@]1(c2cccc(Br)c2)CCCCC1=O. The number of rotatable bonds is 2. The maximum Gasteiger partial charge on any atom is 0.157 e. The molecule has 86 valence electrons. The van der Waals surface area contributed by atoms with Crippen LogP contribution in [0.4, 0.5) is 0 Å². The molecule has 1 N–H and O–H groups in total. The van der Waals surface area contributed by atoms with Crippen LogP contribution in [0.2, 0.25) is 0 Å². The summed E-state index contributed by atoms with van der Waals surface area (Å²) in [5.74, 6) is 0.319. The second-order valence-electron chi connectivity index (χ2n) is 4.30. The fourth-order valence-corrected chi connectivity index (χ4v) is 2.90. The van der Waals surface area contributed by atoms with Crippen LogP contribution in [0.3, 0.4) is 0 Å². The van der Waals surface area contributed by atoms with Crippen molar-refractivity contribution in [1.29, 1.82) is 0 Å². The molecule has 0 spiro atoms. The first-order valence-electron chi connectivity index (χ1n) is 5.67. The lowest BCUT2D eigenvalue weighted by molar-refractivity contribution is -0.127. The molecule has 0 bridgehead atoms. The number of hydrogen-bond acceptors (Lipinski definition) is 2. The minimum absolute atomic E-state index is 0.319. The van der Waals surface area contributed by atoms with Gasteiger partial charge in [0.05, 0.1) is 0 Å². The van der Waals surface area contributed by atoms with E-state index in [9.17, 15) is 4.79 Å². The summed E-state index contributed by atoms with van der Waals surface area (Å²) < 4.78 is 1.03. The van der Waals surface area contributed by atoms with E-state index in [1.54, 1.807) is 0 Å². The predicted octanol–water partition coefficient (Wildman–Crippen LogP) is 3.01. The fourth-order valence-electron chi connectivity index (χ4n) is 2.50. The molecule has 0 heterocycles. The van der Waals surface area contributed by atoms with Gasteiger partial charge < -0.3 is 5.32 Å². The third-order valence-electron chi connectivity index (χ3n) is 3.43. The Morgan fingerprint density at radius 2 is 2.19 bits per heavy atom. The van der Waals surface area contributed by atoms with E-state index >= 15 is 0 Å².